The molecule has 0 saturated heterocycles. The van der Waals surface area contributed by atoms with E-state index in [9.17, 15) is 4.79 Å². The monoisotopic (exact) mass is 156 g/mol. The number of carboxylic acids is 1. The lowest BCUT2D eigenvalue weighted by Crippen LogP contribution is -2.28. The molecule has 0 rings (SSSR count). The van der Waals surface area contributed by atoms with Crippen LogP contribution in [0.2, 0.25) is 0 Å². The molecular formula is C7H12N2O2. The van der Waals surface area contributed by atoms with Crippen molar-refractivity contribution in [2.45, 2.75) is 6.92 Å². The molecule has 1 atom stereocenters. The molecule has 4 nitrogen and oxygen atoms in total. The quantitative estimate of drug-likeness (QED) is 0.589. The molecule has 62 valence electrons. The van der Waals surface area contributed by atoms with Crippen LogP contribution in [0.3, 0.4) is 0 Å². The van der Waals surface area contributed by atoms with E-state index in [0.29, 0.717) is 6.54 Å². The molecule has 0 spiro atoms. The summed E-state index contributed by atoms with van der Waals surface area (Å²) in [6.45, 7) is 2.32. The first-order chi connectivity index (χ1) is 5.07. The maximum Gasteiger partial charge on any atom is 0.307 e. The number of hydrogen-bond donors (Lipinski definition) is 1. The van der Waals surface area contributed by atoms with Crippen molar-refractivity contribution in [1.29, 1.82) is 5.26 Å². The Hall–Kier alpha value is -1.08. The van der Waals surface area contributed by atoms with E-state index in [-0.39, 0.29) is 6.54 Å². The molecule has 0 heterocycles. The second-order valence-electron chi connectivity index (χ2n) is 2.59. The maximum absolute atomic E-state index is 10.3. The summed E-state index contributed by atoms with van der Waals surface area (Å²) >= 11 is 0. The molecule has 0 aromatic heterocycles. The van der Waals surface area contributed by atoms with Gasteiger partial charge in [0, 0.05) is 6.54 Å². The second-order valence-corrected chi connectivity index (χ2v) is 2.59. The van der Waals surface area contributed by atoms with E-state index in [4.69, 9.17) is 10.4 Å². The largest absolute Gasteiger partial charge is 0.481 e. The molecular weight excluding hydrogens is 144 g/mol. The van der Waals surface area contributed by atoms with E-state index in [2.05, 4.69) is 0 Å². The van der Waals surface area contributed by atoms with Crippen molar-refractivity contribution in [3.05, 3.63) is 0 Å². The van der Waals surface area contributed by atoms with Crippen LogP contribution in [-0.4, -0.2) is 36.1 Å². The van der Waals surface area contributed by atoms with Crippen LogP contribution in [0.4, 0.5) is 0 Å². The number of hydrogen-bond acceptors (Lipinski definition) is 3. The van der Waals surface area contributed by atoms with Gasteiger partial charge in [-0.25, -0.2) is 0 Å². The lowest BCUT2D eigenvalue weighted by Gasteiger charge is -2.14. The summed E-state index contributed by atoms with van der Waals surface area (Å²) in [4.78, 5) is 12.0. The van der Waals surface area contributed by atoms with Crippen LogP contribution in [0.5, 0.6) is 0 Å². The molecule has 11 heavy (non-hydrogen) atoms. The Morgan fingerprint density at radius 3 is 2.73 bits per heavy atom. The zero-order chi connectivity index (χ0) is 8.85. The molecule has 0 bridgehead atoms. The SMILES string of the molecule is CC(CN(C)CC#N)C(=O)O. The summed E-state index contributed by atoms with van der Waals surface area (Å²) in [7, 11) is 1.72. The van der Waals surface area contributed by atoms with E-state index in [1.807, 2.05) is 6.07 Å². The van der Waals surface area contributed by atoms with Crippen LogP contribution in [0.1, 0.15) is 6.92 Å². The second kappa shape index (κ2) is 4.69. The Morgan fingerprint density at radius 1 is 1.82 bits per heavy atom. The topological polar surface area (TPSA) is 64.3 Å². The molecule has 0 amide bonds. The van der Waals surface area contributed by atoms with Gasteiger partial charge in [-0.15, -0.1) is 0 Å². The normalized spacial score (nSPS) is 12.5. The lowest BCUT2D eigenvalue weighted by atomic mass is 10.2. The average Bonchev–Trinajstić information content (AvgIpc) is 1.87. The average molecular weight is 156 g/mol. The molecule has 1 unspecified atom stereocenters. The van der Waals surface area contributed by atoms with Gasteiger partial charge in [0.1, 0.15) is 0 Å². The number of rotatable bonds is 4. The highest BCUT2D eigenvalue weighted by atomic mass is 16.4. The van der Waals surface area contributed by atoms with E-state index in [1.54, 1.807) is 18.9 Å². The Labute approximate surface area is 66.0 Å². The fourth-order valence-electron chi connectivity index (χ4n) is 0.731. The highest BCUT2D eigenvalue weighted by Crippen LogP contribution is 1.96. The number of nitrogens with zero attached hydrogens (tertiary/aromatic N) is 2. The van der Waals surface area contributed by atoms with Crippen molar-refractivity contribution in [3.63, 3.8) is 0 Å². The summed E-state index contributed by atoms with van der Waals surface area (Å²) in [5, 5.41) is 16.7. The Balaban J connectivity index is 3.67. The van der Waals surface area contributed by atoms with Gasteiger partial charge in [-0.05, 0) is 7.05 Å². The fraction of sp³-hybridized carbons (Fsp3) is 0.714. The van der Waals surface area contributed by atoms with Gasteiger partial charge >= 0.3 is 5.97 Å². The third kappa shape index (κ3) is 4.34. The molecule has 0 aliphatic rings. The lowest BCUT2D eigenvalue weighted by molar-refractivity contribution is -0.141. The standard InChI is InChI=1S/C7H12N2O2/c1-6(7(10)11)5-9(2)4-3-8/h6H,4-5H2,1-2H3,(H,10,11). The molecule has 1 N–H and O–H groups in total. The smallest absolute Gasteiger partial charge is 0.307 e. The van der Waals surface area contributed by atoms with Crippen molar-refractivity contribution < 1.29 is 9.90 Å². The Morgan fingerprint density at radius 2 is 2.36 bits per heavy atom. The minimum Gasteiger partial charge on any atom is -0.481 e. The van der Waals surface area contributed by atoms with E-state index in [0.717, 1.165) is 0 Å². The van der Waals surface area contributed by atoms with Crippen LogP contribution in [0, 0.1) is 17.2 Å². The molecule has 0 aromatic rings. The van der Waals surface area contributed by atoms with Crippen molar-refractivity contribution in [2.24, 2.45) is 5.92 Å². The first-order valence-corrected chi connectivity index (χ1v) is 3.36. The highest BCUT2D eigenvalue weighted by Gasteiger charge is 2.12. The van der Waals surface area contributed by atoms with Crippen molar-refractivity contribution in [2.75, 3.05) is 20.1 Å². The van der Waals surface area contributed by atoms with Crippen LogP contribution >= 0.6 is 0 Å². The first kappa shape index (κ1) is 9.92. The highest BCUT2D eigenvalue weighted by molar-refractivity contribution is 5.69. The van der Waals surface area contributed by atoms with Gasteiger partial charge in [-0.2, -0.15) is 5.26 Å². The van der Waals surface area contributed by atoms with Crippen LogP contribution in [-0.2, 0) is 4.79 Å². The fourth-order valence-corrected chi connectivity index (χ4v) is 0.731. The van der Waals surface area contributed by atoms with Gasteiger partial charge < -0.3 is 5.11 Å². The zero-order valence-electron chi connectivity index (χ0n) is 6.74. The minimum absolute atomic E-state index is 0.275. The van der Waals surface area contributed by atoms with Gasteiger partial charge in [0.15, 0.2) is 0 Å². The number of nitriles is 1. The Bertz CT molecular complexity index is 174. The van der Waals surface area contributed by atoms with Gasteiger partial charge in [0.2, 0.25) is 0 Å². The molecule has 0 radical (unpaired) electrons. The maximum atomic E-state index is 10.3. The predicted molar refractivity (Wildman–Crippen MR) is 39.9 cm³/mol. The third-order valence-corrected chi connectivity index (χ3v) is 1.35. The molecule has 0 aliphatic carbocycles. The Kier molecular flexibility index (Phi) is 4.23. The number of carbonyl (C=O) groups is 1. The van der Waals surface area contributed by atoms with E-state index >= 15 is 0 Å². The molecule has 0 aliphatic heterocycles. The summed E-state index contributed by atoms with van der Waals surface area (Å²) in [6, 6.07) is 1.94. The van der Waals surface area contributed by atoms with Gasteiger partial charge in [-0.1, -0.05) is 6.92 Å². The molecule has 4 heteroatoms. The minimum atomic E-state index is -0.824. The van der Waals surface area contributed by atoms with Crippen LogP contribution in [0.25, 0.3) is 0 Å². The van der Waals surface area contributed by atoms with Crippen molar-refractivity contribution in [1.82, 2.24) is 4.90 Å². The van der Waals surface area contributed by atoms with Crippen LogP contribution in [0.15, 0.2) is 0 Å². The first-order valence-electron chi connectivity index (χ1n) is 3.36. The van der Waals surface area contributed by atoms with E-state index in [1.165, 1.54) is 0 Å². The predicted octanol–water partition coefficient (Wildman–Crippen LogP) is 0.162. The third-order valence-electron chi connectivity index (χ3n) is 1.35. The van der Waals surface area contributed by atoms with Gasteiger partial charge in [0.25, 0.3) is 0 Å². The number of aliphatic carboxylic acids is 1. The summed E-state index contributed by atoms with van der Waals surface area (Å²) in [6.07, 6.45) is 0. The van der Waals surface area contributed by atoms with Crippen LogP contribution < -0.4 is 0 Å². The van der Waals surface area contributed by atoms with Gasteiger partial charge in [-0.3, -0.25) is 9.69 Å². The summed E-state index contributed by atoms with van der Waals surface area (Å²) in [5.41, 5.74) is 0. The summed E-state index contributed by atoms with van der Waals surface area (Å²) in [5.74, 6) is -1.23. The molecule has 0 fully saturated rings. The van der Waals surface area contributed by atoms with E-state index < -0.39 is 11.9 Å². The zero-order valence-corrected chi connectivity index (χ0v) is 6.74. The molecule has 0 saturated carbocycles. The van der Waals surface area contributed by atoms with Gasteiger partial charge in [0.05, 0.1) is 18.5 Å². The summed E-state index contributed by atoms with van der Waals surface area (Å²) < 4.78 is 0. The number of carboxylic acid groups (broad SMARTS) is 1. The molecule has 0 aromatic carbocycles. The van der Waals surface area contributed by atoms with Crippen molar-refractivity contribution in [3.8, 4) is 6.07 Å². The van der Waals surface area contributed by atoms with Crippen molar-refractivity contribution >= 4 is 5.97 Å².